The molecular weight excluding hydrogens is 420 g/mol. The summed E-state index contributed by atoms with van der Waals surface area (Å²) in [5, 5.41) is 1.51. The van der Waals surface area contributed by atoms with Crippen molar-refractivity contribution < 1.29 is 9.21 Å². The number of aromatic nitrogens is 2. The van der Waals surface area contributed by atoms with Crippen molar-refractivity contribution in [2.24, 2.45) is 0 Å². The molecule has 0 aliphatic carbocycles. The topological polar surface area (TPSA) is 62.5 Å². The van der Waals surface area contributed by atoms with Crippen molar-refractivity contribution in [2.75, 3.05) is 31.1 Å². The first-order valence-electron chi connectivity index (χ1n) is 8.23. The highest BCUT2D eigenvalue weighted by Crippen LogP contribution is 2.29. The zero-order valence-electron chi connectivity index (χ0n) is 14.1. The van der Waals surface area contributed by atoms with Gasteiger partial charge in [0, 0.05) is 54.5 Å². The van der Waals surface area contributed by atoms with Crippen LogP contribution in [0.25, 0.3) is 11.0 Å². The van der Waals surface area contributed by atoms with E-state index in [-0.39, 0.29) is 5.91 Å². The quantitative estimate of drug-likeness (QED) is 0.611. The molecule has 0 unspecified atom stereocenters. The van der Waals surface area contributed by atoms with Crippen LogP contribution < -0.4 is 4.90 Å². The third-order valence-corrected chi connectivity index (χ3v) is 5.19. The summed E-state index contributed by atoms with van der Waals surface area (Å²) >= 11 is 9.39. The Bertz CT molecular complexity index is 965. The van der Waals surface area contributed by atoms with E-state index in [0.29, 0.717) is 48.5 Å². The fraction of sp³-hybridized carbons (Fsp3) is 0.278. The fourth-order valence-electron chi connectivity index (χ4n) is 3.12. The first kappa shape index (κ1) is 17.3. The summed E-state index contributed by atoms with van der Waals surface area (Å²) in [6.07, 6.45) is 3.45. The second-order valence-electron chi connectivity index (χ2n) is 6.18. The number of nitrogens with zero attached hydrogens (tertiary/aromatic N) is 4. The average Bonchev–Trinajstić information content (AvgIpc) is 2.98. The van der Waals surface area contributed by atoms with E-state index in [1.54, 1.807) is 24.5 Å². The molecule has 1 amide bonds. The Kier molecular flexibility index (Phi) is 4.58. The fourth-order valence-corrected chi connectivity index (χ4v) is 3.50. The van der Waals surface area contributed by atoms with Crippen LogP contribution in [0, 0.1) is 6.92 Å². The Labute approximate surface area is 163 Å². The molecule has 0 saturated carbocycles. The molecule has 1 saturated heterocycles. The van der Waals surface area contributed by atoms with E-state index < -0.39 is 0 Å². The molecule has 4 rings (SSSR count). The number of rotatable bonds is 2. The number of aryl methyl sites for hydroxylation is 1. The van der Waals surface area contributed by atoms with E-state index in [0.717, 1.165) is 15.4 Å². The number of fused-ring (bicyclic) bond motifs is 1. The van der Waals surface area contributed by atoms with Crippen molar-refractivity contribution in [3.63, 3.8) is 0 Å². The molecule has 1 aliphatic heterocycles. The van der Waals surface area contributed by atoms with Gasteiger partial charge in [-0.2, -0.15) is 0 Å². The van der Waals surface area contributed by atoms with Gasteiger partial charge >= 0.3 is 0 Å². The molecule has 1 fully saturated rings. The molecule has 3 heterocycles. The van der Waals surface area contributed by atoms with Gasteiger partial charge in [-0.15, -0.1) is 0 Å². The van der Waals surface area contributed by atoms with Gasteiger partial charge in [0.1, 0.15) is 5.58 Å². The highest BCUT2D eigenvalue weighted by molar-refractivity contribution is 9.10. The molecule has 0 atom stereocenters. The Morgan fingerprint density at radius 1 is 1.19 bits per heavy atom. The Morgan fingerprint density at radius 2 is 1.88 bits per heavy atom. The van der Waals surface area contributed by atoms with Crippen LogP contribution in [-0.2, 0) is 0 Å². The van der Waals surface area contributed by atoms with E-state index in [1.807, 2.05) is 17.9 Å². The minimum Gasteiger partial charge on any atom is -0.451 e. The van der Waals surface area contributed by atoms with Gasteiger partial charge in [0.05, 0.1) is 4.47 Å². The van der Waals surface area contributed by atoms with E-state index in [4.69, 9.17) is 16.0 Å². The van der Waals surface area contributed by atoms with E-state index in [2.05, 4.69) is 30.8 Å². The molecule has 0 spiro atoms. The summed E-state index contributed by atoms with van der Waals surface area (Å²) in [7, 11) is 0. The van der Waals surface area contributed by atoms with Crippen LogP contribution in [0.2, 0.25) is 5.02 Å². The van der Waals surface area contributed by atoms with Gasteiger partial charge in [0.15, 0.2) is 5.76 Å². The van der Waals surface area contributed by atoms with Crippen LogP contribution in [0.15, 0.2) is 39.5 Å². The highest BCUT2D eigenvalue weighted by Gasteiger charge is 2.27. The molecule has 8 heteroatoms. The number of halogens is 2. The molecule has 6 nitrogen and oxygen atoms in total. The van der Waals surface area contributed by atoms with Crippen molar-refractivity contribution in [1.82, 2.24) is 14.9 Å². The SMILES string of the molecule is Cc1c(C(=O)N2CCN(c3ncc(Br)cn3)CC2)oc2ccc(Cl)cc12. The Hall–Kier alpha value is -2.12. The van der Waals surface area contributed by atoms with Crippen molar-refractivity contribution in [1.29, 1.82) is 0 Å². The molecular formula is C18H16BrClN4O2. The van der Waals surface area contributed by atoms with Gasteiger partial charge in [-0.1, -0.05) is 11.6 Å². The van der Waals surface area contributed by atoms with Crippen LogP contribution in [0.4, 0.5) is 5.95 Å². The number of carbonyl (C=O) groups is 1. The normalized spacial score (nSPS) is 14.9. The van der Waals surface area contributed by atoms with Crippen LogP contribution in [0.5, 0.6) is 0 Å². The molecule has 1 aromatic carbocycles. The van der Waals surface area contributed by atoms with Crippen LogP contribution in [-0.4, -0.2) is 47.0 Å². The molecule has 0 bridgehead atoms. The first-order chi connectivity index (χ1) is 12.5. The van der Waals surface area contributed by atoms with Crippen molar-refractivity contribution in [2.45, 2.75) is 6.92 Å². The molecule has 0 N–H and O–H groups in total. The summed E-state index contributed by atoms with van der Waals surface area (Å²) in [4.78, 5) is 25.4. The second kappa shape index (κ2) is 6.89. The number of furan rings is 1. The monoisotopic (exact) mass is 434 g/mol. The number of hydrogen-bond donors (Lipinski definition) is 0. The number of hydrogen-bond acceptors (Lipinski definition) is 5. The smallest absolute Gasteiger partial charge is 0.290 e. The number of piperazine rings is 1. The predicted octanol–water partition coefficient (Wildman–Crippen LogP) is 3.91. The van der Waals surface area contributed by atoms with Gasteiger partial charge in [0.25, 0.3) is 5.91 Å². The van der Waals surface area contributed by atoms with Crippen LogP contribution >= 0.6 is 27.5 Å². The summed E-state index contributed by atoms with van der Waals surface area (Å²) in [6.45, 7) is 4.43. The van der Waals surface area contributed by atoms with Gasteiger partial charge in [-0.3, -0.25) is 4.79 Å². The number of benzene rings is 1. The van der Waals surface area contributed by atoms with Gasteiger partial charge in [0.2, 0.25) is 5.95 Å². The third-order valence-electron chi connectivity index (χ3n) is 4.55. The maximum Gasteiger partial charge on any atom is 0.290 e. The predicted molar refractivity (Wildman–Crippen MR) is 104 cm³/mol. The third kappa shape index (κ3) is 3.17. The highest BCUT2D eigenvalue weighted by atomic mass is 79.9. The molecule has 2 aromatic heterocycles. The standard InChI is InChI=1S/C18H16BrClN4O2/c1-11-14-8-13(20)2-3-15(14)26-16(11)17(25)23-4-6-24(7-5-23)18-21-9-12(19)10-22-18/h2-3,8-10H,4-7H2,1H3. The zero-order valence-corrected chi connectivity index (χ0v) is 16.4. The number of carbonyl (C=O) groups excluding carboxylic acids is 1. The lowest BCUT2D eigenvalue weighted by Gasteiger charge is -2.34. The minimum atomic E-state index is -0.0915. The molecule has 3 aromatic rings. The Balaban J connectivity index is 1.50. The van der Waals surface area contributed by atoms with Gasteiger partial charge in [-0.05, 0) is 41.1 Å². The summed E-state index contributed by atoms with van der Waals surface area (Å²) in [5.41, 5.74) is 1.50. The first-order valence-corrected chi connectivity index (χ1v) is 9.40. The maximum atomic E-state index is 12.9. The number of amides is 1. The van der Waals surface area contributed by atoms with Gasteiger partial charge in [-0.25, -0.2) is 9.97 Å². The second-order valence-corrected chi connectivity index (χ2v) is 7.53. The lowest BCUT2D eigenvalue weighted by Crippen LogP contribution is -2.49. The van der Waals surface area contributed by atoms with Gasteiger partial charge < -0.3 is 14.2 Å². The zero-order chi connectivity index (χ0) is 18.3. The summed E-state index contributed by atoms with van der Waals surface area (Å²) in [6, 6.07) is 5.39. The number of anilines is 1. The maximum absolute atomic E-state index is 12.9. The van der Waals surface area contributed by atoms with Crippen LogP contribution in [0.3, 0.4) is 0 Å². The van der Waals surface area contributed by atoms with Crippen LogP contribution in [0.1, 0.15) is 16.1 Å². The largest absolute Gasteiger partial charge is 0.451 e. The van der Waals surface area contributed by atoms with Crippen molar-refractivity contribution in [3.05, 3.63) is 51.4 Å². The molecule has 1 aliphatic rings. The van der Waals surface area contributed by atoms with E-state index >= 15 is 0 Å². The molecule has 0 radical (unpaired) electrons. The minimum absolute atomic E-state index is 0.0915. The lowest BCUT2D eigenvalue weighted by atomic mass is 10.1. The average molecular weight is 436 g/mol. The summed E-state index contributed by atoms with van der Waals surface area (Å²) < 4.78 is 6.64. The van der Waals surface area contributed by atoms with E-state index in [9.17, 15) is 4.79 Å². The molecule has 134 valence electrons. The summed E-state index contributed by atoms with van der Waals surface area (Å²) in [5.74, 6) is 0.969. The van der Waals surface area contributed by atoms with Crippen molar-refractivity contribution in [3.8, 4) is 0 Å². The molecule has 26 heavy (non-hydrogen) atoms. The van der Waals surface area contributed by atoms with E-state index in [1.165, 1.54) is 0 Å². The van der Waals surface area contributed by atoms with Crippen molar-refractivity contribution >= 4 is 50.4 Å². The Morgan fingerprint density at radius 3 is 2.58 bits per heavy atom. The lowest BCUT2D eigenvalue weighted by molar-refractivity contribution is 0.0715.